The van der Waals surface area contributed by atoms with Crippen LogP contribution in [0.2, 0.25) is 0 Å². The third kappa shape index (κ3) is 4.27. The van der Waals surface area contributed by atoms with Crippen molar-refractivity contribution in [3.05, 3.63) is 116 Å². The van der Waals surface area contributed by atoms with E-state index in [1.807, 2.05) is 0 Å². The van der Waals surface area contributed by atoms with Gasteiger partial charge in [-0.1, -0.05) is 0 Å². The van der Waals surface area contributed by atoms with Crippen molar-refractivity contribution < 1.29 is 87.8 Å². The predicted octanol–water partition coefficient (Wildman–Crippen LogP) is 6.82. The molecule has 4 aromatic carbocycles. The van der Waals surface area contributed by atoms with Crippen LogP contribution in [-0.2, 0) is 0 Å². The van der Waals surface area contributed by atoms with Crippen LogP contribution in [0.4, 0.5) is 87.8 Å². The first-order valence-electron chi connectivity index (χ1n) is 10.8. The molecule has 0 aliphatic rings. The molecule has 242 valence electrons. The fourth-order valence-electron chi connectivity index (χ4n) is 4.49. The van der Waals surface area contributed by atoms with E-state index >= 15 is 35.1 Å². The van der Waals surface area contributed by atoms with Gasteiger partial charge in [-0.25, -0.2) is 0 Å². The number of rotatable bonds is 4. The van der Waals surface area contributed by atoms with Gasteiger partial charge in [0.05, 0.1) is 0 Å². The molecule has 0 aliphatic carbocycles. The van der Waals surface area contributed by atoms with Crippen LogP contribution in [0.3, 0.4) is 0 Å². The molecule has 0 heterocycles. The first-order valence-corrected chi connectivity index (χ1v) is 12.8. The normalized spacial score (nSPS) is 12.4. The Morgan fingerprint density at radius 1 is 0.156 bits per heavy atom. The molecular weight excluding hydrogens is 699 g/mol. The van der Waals surface area contributed by atoms with Gasteiger partial charge in [0.1, 0.15) is 0 Å². The molecule has 0 N–H and O–H groups in total. The van der Waals surface area contributed by atoms with Crippen molar-refractivity contribution in [2.45, 2.75) is 0 Å². The van der Waals surface area contributed by atoms with Gasteiger partial charge in [-0.15, -0.1) is 0 Å². The van der Waals surface area contributed by atoms with Gasteiger partial charge in [0.15, 0.2) is 0 Å². The number of benzene rings is 4. The van der Waals surface area contributed by atoms with E-state index < -0.39 is 145 Å². The molecule has 4 aromatic rings. The van der Waals surface area contributed by atoms with E-state index in [1.54, 1.807) is 0 Å². The summed E-state index contributed by atoms with van der Waals surface area (Å²) in [4.78, 5) is 0. The van der Waals surface area contributed by atoms with Crippen LogP contribution in [0.15, 0.2) is 0 Å². The summed E-state index contributed by atoms with van der Waals surface area (Å²) in [5, 5.41) is -14.0. The quantitative estimate of drug-likeness (QED) is 0.0950. The predicted molar refractivity (Wildman–Crippen MR) is 112 cm³/mol. The zero-order valence-corrected chi connectivity index (χ0v) is 21.1. The second-order valence-corrected chi connectivity index (χ2v) is 12.0. The van der Waals surface area contributed by atoms with Crippen molar-refractivity contribution in [3.63, 3.8) is 0 Å². The summed E-state index contributed by atoms with van der Waals surface area (Å²) in [6, 6.07) is 0. The fourth-order valence-corrected chi connectivity index (χ4v) is 9.50. The zero-order chi connectivity index (χ0) is 34.4. The Morgan fingerprint density at radius 3 is 0.356 bits per heavy atom. The van der Waals surface area contributed by atoms with Crippen LogP contribution in [0.5, 0.6) is 0 Å². The Labute approximate surface area is 233 Å². The topological polar surface area (TPSA) is 0 Å². The van der Waals surface area contributed by atoms with Gasteiger partial charge in [0.25, 0.3) is 0 Å². The van der Waals surface area contributed by atoms with Crippen LogP contribution in [-0.4, -0.2) is 0 Å². The average Bonchev–Trinajstić information content (AvgIpc) is 3.00. The number of hydrogen-bond donors (Lipinski definition) is 0. The summed E-state index contributed by atoms with van der Waals surface area (Å²) in [5.74, 6) is -70.9. The van der Waals surface area contributed by atoms with Gasteiger partial charge < -0.3 is 0 Å². The Balaban J connectivity index is 2.69. The van der Waals surface area contributed by atoms with Gasteiger partial charge in [0, 0.05) is 0 Å². The third-order valence-electron chi connectivity index (χ3n) is 6.34. The first kappa shape index (κ1) is 33.8. The molecular formula is C24HF20P. The summed E-state index contributed by atoms with van der Waals surface area (Å²) in [6.45, 7) is 0. The van der Waals surface area contributed by atoms with Crippen molar-refractivity contribution in [1.82, 2.24) is 0 Å². The Hall–Kier alpha value is -4.09. The van der Waals surface area contributed by atoms with Gasteiger partial charge in [-0.3, -0.25) is 0 Å². The van der Waals surface area contributed by atoms with E-state index in [0.717, 1.165) is 0 Å². The number of halogens is 20. The summed E-state index contributed by atoms with van der Waals surface area (Å²) < 4.78 is 294. The van der Waals surface area contributed by atoms with E-state index in [1.165, 1.54) is 0 Å². The monoisotopic (exact) mass is 700 g/mol. The molecule has 0 aliphatic heterocycles. The maximum absolute atomic E-state index is 15.4. The zero-order valence-electron chi connectivity index (χ0n) is 20.1. The standard InChI is InChI=1S/C24HF20P/c25-1-5(29)13(37)21(14(38)6(1)30)45(22-15(39)7(31)2(26)8(32)16(22)40,23-17(41)9(33)3(27)10(34)18(23)42)24-19(43)11(35)4(28)12(36)20(24)44/h45H. The van der Waals surface area contributed by atoms with Crippen molar-refractivity contribution >= 4 is 28.5 Å². The second kappa shape index (κ2) is 11.1. The van der Waals surface area contributed by atoms with Gasteiger partial charge in [-0.05, 0) is 0 Å². The fraction of sp³-hybridized carbons (Fsp3) is 0. The molecule has 0 bridgehead atoms. The molecule has 45 heavy (non-hydrogen) atoms. The maximum atomic E-state index is 15.4. The molecule has 0 saturated heterocycles. The molecule has 0 spiro atoms. The minimum absolute atomic E-state index is 3.33. The van der Waals surface area contributed by atoms with Crippen molar-refractivity contribution in [1.29, 1.82) is 0 Å². The van der Waals surface area contributed by atoms with E-state index in [-0.39, 0.29) is 0 Å². The van der Waals surface area contributed by atoms with Crippen LogP contribution in [0.1, 0.15) is 0 Å². The van der Waals surface area contributed by atoms with Crippen LogP contribution in [0.25, 0.3) is 0 Å². The molecule has 0 nitrogen and oxygen atoms in total. The summed E-state index contributed by atoms with van der Waals surface area (Å²) in [5.41, 5.74) is 0. The summed E-state index contributed by atoms with van der Waals surface area (Å²) in [7, 11) is -8.59. The molecule has 0 saturated carbocycles. The molecule has 0 fully saturated rings. The molecule has 0 atom stereocenters. The van der Waals surface area contributed by atoms with Crippen LogP contribution < -0.4 is 21.2 Å². The van der Waals surface area contributed by atoms with Crippen LogP contribution in [0, 0.1) is 116 Å². The molecule has 0 unspecified atom stereocenters. The average molecular weight is 700 g/mol. The van der Waals surface area contributed by atoms with Gasteiger partial charge in [0.2, 0.25) is 0 Å². The molecule has 0 radical (unpaired) electrons. The Morgan fingerprint density at radius 2 is 0.244 bits per heavy atom. The summed E-state index contributed by atoms with van der Waals surface area (Å²) >= 11 is 0. The molecule has 0 aromatic heterocycles. The SMILES string of the molecule is Fc1c(F)c(F)c([PH](c2c(F)c(F)c(F)c(F)c2F)(c2c(F)c(F)c(F)c(F)c2F)c2c(F)c(F)c(F)c(F)c2F)c(F)c1F. The minimum atomic E-state index is -8.59. The van der Waals surface area contributed by atoms with Crippen molar-refractivity contribution in [3.8, 4) is 0 Å². The molecule has 21 heteroatoms. The first-order chi connectivity index (χ1) is 20.7. The van der Waals surface area contributed by atoms with E-state index in [4.69, 9.17) is 0 Å². The van der Waals surface area contributed by atoms with E-state index in [0.29, 0.717) is 0 Å². The Bertz CT molecular complexity index is 1570. The van der Waals surface area contributed by atoms with E-state index in [9.17, 15) is 52.7 Å². The van der Waals surface area contributed by atoms with Gasteiger partial charge in [-0.2, -0.15) is 0 Å². The number of hydrogen-bond acceptors (Lipinski definition) is 0. The third-order valence-corrected chi connectivity index (χ3v) is 11.1. The van der Waals surface area contributed by atoms with Gasteiger partial charge >= 0.3 is 233 Å². The van der Waals surface area contributed by atoms with Crippen LogP contribution >= 0.6 is 7.26 Å². The Kier molecular flexibility index (Phi) is 8.31. The van der Waals surface area contributed by atoms with Crippen molar-refractivity contribution in [2.24, 2.45) is 0 Å². The molecule has 0 amide bonds. The van der Waals surface area contributed by atoms with E-state index in [2.05, 4.69) is 0 Å². The molecule has 4 rings (SSSR count). The van der Waals surface area contributed by atoms with Crippen molar-refractivity contribution in [2.75, 3.05) is 0 Å². The summed E-state index contributed by atoms with van der Waals surface area (Å²) in [6.07, 6.45) is 0. The second-order valence-electron chi connectivity index (χ2n) is 8.53.